The molecule has 0 atom stereocenters. The lowest BCUT2D eigenvalue weighted by Crippen LogP contribution is -2.63. The molecule has 3 rings (SSSR count). The number of pyridine rings is 1. The van der Waals surface area contributed by atoms with Gasteiger partial charge in [0.15, 0.2) is 0 Å². The fourth-order valence-electron chi connectivity index (χ4n) is 2.54. The van der Waals surface area contributed by atoms with Crippen molar-refractivity contribution in [1.29, 1.82) is 0 Å². The summed E-state index contributed by atoms with van der Waals surface area (Å²) in [5, 5.41) is 6.86. The third-order valence-corrected chi connectivity index (χ3v) is 3.39. The van der Waals surface area contributed by atoms with Crippen LogP contribution in [0.4, 0.5) is 5.69 Å². The second-order valence-electron chi connectivity index (χ2n) is 4.59. The van der Waals surface area contributed by atoms with Gasteiger partial charge in [0.25, 0.3) is 0 Å². The third-order valence-electron chi connectivity index (χ3n) is 3.39. The summed E-state index contributed by atoms with van der Waals surface area (Å²) in [6.45, 7) is 2.44. The van der Waals surface area contributed by atoms with Crippen molar-refractivity contribution >= 4 is 5.69 Å². The molecule has 1 aromatic heterocycles. The zero-order valence-corrected chi connectivity index (χ0v) is 8.16. The molecule has 0 aromatic carbocycles. The van der Waals surface area contributed by atoms with E-state index < -0.39 is 0 Å². The summed E-state index contributed by atoms with van der Waals surface area (Å²) in [5.41, 5.74) is 1.81. The van der Waals surface area contributed by atoms with Crippen molar-refractivity contribution in [2.75, 3.05) is 18.4 Å². The van der Waals surface area contributed by atoms with E-state index in [2.05, 4.69) is 21.7 Å². The summed E-state index contributed by atoms with van der Waals surface area (Å²) in [6.07, 6.45) is 6.33. The van der Waals surface area contributed by atoms with E-state index in [-0.39, 0.29) is 0 Å². The number of hydrogen-bond acceptors (Lipinski definition) is 3. The number of nitrogens with one attached hydrogen (secondary N) is 2. The molecule has 14 heavy (non-hydrogen) atoms. The Kier molecular flexibility index (Phi) is 1.74. The highest BCUT2D eigenvalue weighted by Gasteiger charge is 2.48. The zero-order valence-electron chi connectivity index (χ0n) is 8.16. The van der Waals surface area contributed by atoms with E-state index in [0.717, 1.165) is 5.69 Å². The van der Waals surface area contributed by atoms with Crippen molar-refractivity contribution in [2.45, 2.75) is 18.9 Å². The van der Waals surface area contributed by atoms with Gasteiger partial charge in [0.05, 0.1) is 5.69 Å². The van der Waals surface area contributed by atoms with Crippen LogP contribution in [0.3, 0.4) is 0 Å². The van der Waals surface area contributed by atoms with Crippen molar-refractivity contribution in [2.24, 2.45) is 5.41 Å². The molecule has 2 heterocycles. The minimum Gasteiger partial charge on any atom is -0.381 e. The number of aromatic nitrogens is 1. The molecule has 0 bridgehead atoms. The van der Waals surface area contributed by atoms with Gasteiger partial charge < -0.3 is 10.6 Å². The van der Waals surface area contributed by atoms with Crippen LogP contribution in [-0.2, 0) is 0 Å². The van der Waals surface area contributed by atoms with Gasteiger partial charge in [0, 0.05) is 31.5 Å². The Morgan fingerprint density at radius 1 is 1.43 bits per heavy atom. The highest BCUT2D eigenvalue weighted by atomic mass is 15.0. The molecule has 1 aromatic rings. The number of hydrogen-bond donors (Lipinski definition) is 2. The highest BCUT2D eigenvalue weighted by molar-refractivity contribution is 5.41. The average Bonchev–Trinajstić information content (AvgIpc) is 2.09. The lowest BCUT2D eigenvalue weighted by molar-refractivity contribution is 0.0470. The summed E-state index contributed by atoms with van der Waals surface area (Å²) in [6, 6.07) is 4.72. The van der Waals surface area contributed by atoms with Gasteiger partial charge in [-0.1, -0.05) is 0 Å². The predicted molar refractivity (Wildman–Crippen MR) is 56.2 cm³/mol. The summed E-state index contributed by atoms with van der Waals surface area (Å²) in [4.78, 5) is 4.09. The topological polar surface area (TPSA) is 37.0 Å². The van der Waals surface area contributed by atoms with E-state index in [9.17, 15) is 0 Å². The van der Waals surface area contributed by atoms with Gasteiger partial charge in [-0.25, -0.2) is 0 Å². The van der Waals surface area contributed by atoms with Gasteiger partial charge in [-0.15, -0.1) is 0 Å². The summed E-state index contributed by atoms with van der Waals surface area (Å²) in [5.74, 6) is 0. The van der Waals surface area contributed by atoms with E-state index in [1.165, 1.54) is 25.9 Å². The van der Waals surface area contributed by atoms with E-state index in [1.54, 1.807) is 0 Å². The van der Waals surface area contributed by atoms with Gasteiger partial charge in [-0.3, -0.25) is 4.98 Å². The normalized spacial score (nSPS) is 24.0. The molecule has 1 aliphatic heterocycles. The second-order valence-corrected chi connectivity index (χ2v) is 4.59. The van der Waals surface area contributed by atoms with E-state index in [0.29, 0.717) is 11.5 Å². The standard InChI is InChI=1S/C11H15N3/c1-2-9(6-12-3-1)14-10-4-11(5-10)7-13-8-11/h1-3,6,10,13-14H,4-5,7-8H2. The van der Waals surface area contributed by atoms with Crippen molar-refractivity contribution in [1.82, 2.24) is 10.3 Å². The van der Waals surface area contributed by atoms with Crippen molar-refractivity contribution < 1.29 is 0 Å². The third kappa shape index (κ3) is 1.28. The Bertz CT molecular complexity index is 311. The van der Waals surface area contributed by atoms with Crippen LogP contribution in [0.1, 0.15) is 12.8 Å². The van der Waals surface area contributed by atoms with Crippen molar-refractivity contribution in [3.63, 3.8) is 0 Å². The van der Waals surface area contributed by atoms with Crippen LogP contribution in [0.15, 0.2) is 24.5 Å². The molecular weight excluding hydrogens is 174 g/mol. The monoisotopic (exact) mass is 189 g/mol. The lowest BCUT2D eigenvalue weighted by atomic mass is 9.61. The summed E-state index contributed by atoms with van der Waals surface area (Å²) >= 11 is 0. The van der Waals surface area contributed by atoms with Crippen LogP contribution in [0.25, 0.3) is 0 Å². The van der Waals surface area contributed by atoms with E-state index in [1.807, 2.05) is 18.5 Å². The SMILES string of the molecule is c1cncc(NC2CC3(CNC3)C2)c1. The Hall–Kier alpha value is -1.09. The highest BCUT2D eigenvalue weighted by Crippen LogP contribution is 2.45. The first-order chi connectivity index (χ1) is 6.86. The quantitative estimate of drug-likeness (QED) is 0.735. The van der Waals surface area contributed by atoms with Crippen LogP contribution >= 0.6 is 0 Å². The van der Waals surface area contributed by atoms with Gasteiger partial charge in [0.1, 0.15) is 0 Å². The first-order valence-corrected chi connectivity index (χ1v) is 5.24. The Morgan fingerprint density at radius 2 is 2.29 bits per heavy atom. The molecule has 3 nitrogen and oxygen atoms in total. The molecular formula is C11H15N3. The Labute approximate surface area is 83.9 Å². The van der Waals surface area contributed by atoms with Crippen LogP contribution in [0.5, 0.6) is 0 Å². The zero-order chi connectivity index (χ0) is 9.43. The molecule has 0 radical (unpaired) electrons. The molecule has 1 aliphatic carbocycles. The largest absolute Gasteiger partial charge is 0.381 e. The number of anilines is 1. The summed E-state index contributed by atoms with van der Waals surface area (Å²) < 4.78 is 0. The second kappa shape index (κ2) is 2.95. The molecule has 1 spiro atoms. The van der Waals surface area contributed by atoms with E-state index in [4.69, 9.17) is 0 Å². The maximum absolute atomic E-state index is 4.09. The molecule has 1 saturated carbocycles. The van der Waals surface area contributed by atoms with Crippen molar-refractivity contribution in [3.8, 4) is 0 Å². The average molecular weight is 189 g/mol. The first kappa shape index (κ1) is 8.24. The Balaban J connectivity index is 1.56. The van der Waals surface area contributed by atoms with Gasteiger partial charge in [-0.05, 0) is 30.4 Å². The van der Waals surface area contributed by atoms with Crippen molar-refractivity contribution in [3.05, 3.63) is 24.5 Å². The molecule has 2 N–H and O–H groups in total. The van der Waals surface area contributed by atoms with Crippen LogP contribution in [0.2, 0.25) is 0 Å². The molecule has 2 aliphatic rings. The molecule has 3 heteroatoms. The van der Waals surface area contributed by atoms with E-state index >= 15 is 0 Å². The smallest absolute Gasteiger partial charge is 0.0528 e. The van der Waals surface area contributed by atoms with Gasteiger partial charge in [0.2, 0.25) is 0 Å². The number of rotatable bonds is 2. The molecule has 74 valence electrons. The van der Waals surface area contributed by atoms with Crippen LogP contribution < -0.4 is 10.6 Å². The maximum atomic E-state index is 4.09. The van der Waals surface area contributed by atoms with Gasteiger partial charge >= 0.3 is 0 Å². The Morgan fingerprint density at radius 3 is 2.86 bits per heavy atom. The fourth-order valence-corrected chi connectivity index (χ4v) is 2.54. The summed E-state index contributed by atoms with van der Waals surface area (Å²) in [7, 11) is 0. The van der Waals surface area contributed by atoms with Crippen LogP contribution in [-0.4, -0.2) is 24.1 Å². The molecule has 1 saturated heterocycles. The fraction of sp³-hybridized carbons (Fsp3) is 0.545. The molecule has 2 fully saturated rings. The number of nitrogens with zero attached hydrogens (tertiary/aromatic N) is 1. The van der Waals surface area contributed by atoms with Crippen LogP contribution in [0, 0.1) is 5.41 Å². The lowest BCUT2D eigenvalue weighted by Gasteiger charge is -2.54. The molecule has 0 unspecified atom stereocenters. The van der Waals surface area contributed by atoms with Gasteiger partial charge in [-0.2, -0.15) is 0 Å². The predicted octanol–water partition coefficient (Wildman–Crippen LogP) is 1.25. The first-order valence-electron chi connectivity index (χ1n) is 5.24. The molecule has 0 amide bonds. The minimum atomic E-state index is 0.653. The maximum Gasteiger partial charge on any atom is 0.0528 e. The minimum absolute atomic E-state index is 0.653.